The van der Waals surface area contributed by atoms with Crippen molar-refractivity contribution < 1.29 is 9.90 Å². The molecule has 0 amide bonds. The lowest BCUT2D eigenvalue weighted by molar-refractivity contribution is -0.144. The number of likely N-dealkylation sites (tertiary alicyclic amines) is 1. The number of carbonyl (C=O) groups is 1. The molecule has 1 heterocycles. The van der Waals surface area contributed by atoms with Crippen molar-refractivity contribution in [2.24, 2.45) is 5.41 Å². The summed E-state index contributed by atoms with van der Waals surface area (Å²) in [4.78, 5) is 13.1. The fourth-order valence-electron chi connectivity index (χ4n) is 1.96. The predicted molar refractivity (Wildman–Crippen MR) is 45.0 cm³/mol. The Kier molecular flexibility index (Phi) is 1.83. The molecule has 2 fully saturated rings. The minimum absolute atomic E-state index is 0.343. The first-order valence-electron chi connectivity index (χ1n) is 4.69. The predicted octanol–water partition coefficient (Wildman–Crippen LogP) is 0.947. The van der Waals surface area contributed by atoms with Crippen LogP contribution in [0.4, 0.5) is 0 Å². The van der Waals surface area contributed by atoms with Crippen LogP contribution in [0, 0.1) is 5.41 Å². The summed E-state index contributed by atoms with van der Waals surface area (Å²) in [5.74, 6) is -0.589. The van der Waals surface area contributed by atoms with Gasteiger partial charge in [0.05, 0.1) is 5.41 Å². The van der Waals surface area contributed by atoms with Gasteiger partial charge in [-0.25, -0.2) is 0 Å². The van der Waals surface area contributed by atoms with E-state index in [1.165, 1.54) is 12.8 Å². The summed E-state index contributed by atoms with van der Waals surface area (Å²) < 4.78 is 0. The van der Waals surface area contributed by atoms with E-state index < -0.39 is 5.97 Å². The van der Waals surface area contributed by atoms with Crippen LogP contribution >= 0.6 is 0 Å². The van der Waals surface area contributed by atoms with Crippen LogP contribution < -0.4 is 0 Å². The topological polar surface area (TPSA) is 40.5 Å². The minimum Gasteiger partial charge on any atom is -0.481 e. The summed E-state index contributed by atoms with van der Waals surface area (Å²) in [7, 11) is 0. The molecule has 0 aromatic rings. The highest BCUT2D eigenvalue weighted by molar-refractivity contribution is 5.78. The third kappa shape index (κ3) is 1.33. The van der Waals surface area contributed by atoms with E-state index in [0.29, 0.717) is 0 Å². The SMILES string of the molecule is O=C(O)C1(CN2CCCC2)CC1. The molecule has 1 aliphatic carbocycles. The summed E-state index contributed by atoms with van der Waals surface area (Å²) in [5, 5.41) is 8.94. The quantitative estimate of drug-likeness (QED) is 0.683. The Morgan fingerprint density at radius 1 is 1.33 bits per heavy atom. The lowest BCUT2D eigenvalue weighted by Crippen LogP contribution is -2.32. The van der Waals surface area contributed by atoms with E-state index in [-0.39, 0.29) is 5.41 Å². The zero-order chi connectivity index (χ0) is 8.60. The van der Waals surface area contributed by atoms with Gasteiger partial charge in [-0.05, 0) is 38.8 Å². The molecule has 3 nitrogen and oxygen atoms in total. The van der Waals surface area contributed by atoms with E-state index in [4.69, 9.17) is 5.11 Å². The summed E-state index contributed by atoms with van der Waals surface area (Å²) in [6.45, 7) is 3.01. The van der Waals surface area contributed by atoms with Crippen LogP contribution in [-0.4, -0.2) is 35.6 Å². The maximum Gasteiger partial charge on any atom is 0.310 e. The molecular formula is C9H15NO2. The van der Waals surface area contributed by atoms with Gasteiger partial charge in [0.2, 0.25) is 0 Å². The van der Waals surface area contributed by atoms with Crippen molar-refractivity contribution in [2.75, 3.05) is 19.6 Å². The highest BCUT2D eigenvalue weighted by Crippen LogP contribution is 2.46. The summed E-state index contributed by atoms with van der Waals surface area (Å²) >= 11 is 0. The third-order valence-electron chi connectivity index (χ3n) is 3.03. The third-order valence-corrected chi connectivity index (χ3v) is 3.03. The molecule has 0 aromatic carbocycles. The minimum atomic E-state index is -0.589. The Balaban J connectivity index is 1.89. The number of carboxylic acids is 1. The van der Waals surface area contributed by atoms with Gasteiger partial charge in [0, 0.05) is 6.54 Å². The second kappa shape index (κ2) is 2.73. The Morgan fingerprint density at radius 2 is 1.92 bits per heavy atom. The van der Waals surface area contributed by atoms with Gasteiger partial charge in [0.25, 0.3) is 0 Å². The van der Waals surface area contributed by atoms with E-state index in [1.54, 1.807) is 0 Å². The molecule has 2 rings (SSSR count). The Morgan fingerprint density at radius 3 is 2.33 bits per heavy atom. The highest BCUT2D eigenvalue weighted by atomic mass is 16.4. The maximum absolute atomic E-state index is 10.8. The van der Waals surface area contributed by atoms with Crippen molar-refractivity contribution in [3.63, 3.8) is 0 Å². The Hall–Kier alpha value is -0.570. The van der Waals surface area contributed by atoms with Crippen LogP contribution in [0.5, 0.6) is 0 Å². The zero-order valence-corrected chi connectivity index (χ0v) is 7.25. The second-order valence-corrected chi connectivity index (χ2v) is 4.07. The molecule has 12 heavy (non-hydrogen) atoms. The van der Waals surface area contributed by atoms with Crippen LogP contribution in [0.3, 0.4) is 0 Å². The fraction of sp³-hybridized carbons (Fsp3) is 0.889. The van der Waals surface area contributed by atoms with Gasteiger partial charge in [-0.1, -0.05) is 0 Å². The first kappa shape index (κ1) is 8.05. The van der Waals surface area contributed by atoms with Gasteiger partial charge >= 0.3 is 5.97 Å². The Labute approximate surface area is 72.4 Å². The summed E-state index contributed by atoms with van der Waals surface area (Å²) in [6, 6.07) is 0. The van der Waals surface area contributed by atoms with Gasteiger partial charge in [-0.2, -0.15) is 0 Å². The number of aliphatic carboxylic acids is 1. The number of nitrogens with zero attached hydrogens (tertiary/aromatic N) is 1. The molecular weight excluding hydrogens is 154 g/mol. The van der Waals surface area contributed by atoms with Crippen LogP contribution in [0.2, 0.25) is 0 Å². The fourth-order valence-corrected chi connectivity index (χ4v) is 1.96. The van der Waals surface area contributed by atoms with E-state index in [1.807, 2.05) is 0 Å². The van der Waals surface area contributed by atoms with E-state index in [2.05, 4.69) is 4.90 Å². The van der Waals surface area contributed by atoms with Gasteiger partial charge in [0.1, 0.15) is 0 Å². The molecule has 2 aliphatic rings. The van der Waals surface area contributed by atoms with Crippen LogP contribution in [-0.2, 0) is 4.79 Å². The van der Waals surface area contributed by atoms with Gasteiger partial charge in [0.15, 0.2) is 0 Å². The number of rotatable bonds is 3. The first-order chi connectivity index (χ1) is 5.73. The van der Waals surface area contributed by atoms with Crippen molar-refractivity contribution in [3.8, 4) is 0 Å². The molecule has 0 aromatic heterocycles. The van der Waals surface area contributed by atoms with E-state index >= 15 is 0 Å². The van der Waals surface area contributed by atoms with Gasteiger partial charge < -0.3 is 10.0 Å². The molecule has 0 radical (unpaired) electrons. The average molecular weight is 169 g/mol. The average Bonchev–Trinajstić information content (AvgIpc) is 2.60. The molecule has 0 unspecified atom stereocenters. The van der Waals surface area contributed by atoms with E-state index in [0.717, 1.165) is 32.5 Å². The highest BCUT2D eigenvalue weighted by Gasteiger charge is 2.51. The zero-order valence-electron chi connectivity index (χ0n) is 7.25. The number of carboxylic acid groups (broad SMARTS) is 1. The lowest BCUT2D eigenvalue weighted by atomic mass is 10.1. The second-order valence-electron chi connectivity index (χ2n) is 4.07. The van der Waals surface area contributed by atoms with Crippen LogP contribution in [0.1, 0.15) is 25.7 Å². The monoisotopic (exact) mass is 169 g/mol. The van der Waals surface area contributed by atoms with Crippen molar-refractivity contribution in [2.45, 2.75) is 25.7 Å². The smallest absolute Gasteiger partial charge is 0.310 e. The lowest BCUT2D eigenvalue weighted by Gasteiger charge is -2.19. The molecule has 0 spiro atoms. The summed E-state index contributed by atoms with van der Waals surface area (Å²) in [6.07, 6.45) is 4.27. The Bertz CT molecular complexity index is 193. The standard InChI is InChI=1S/C9H15NO2/c11-8(12)9(3-4-9)7-10-5-1-2-6-10/h1-7H2,(H,11,12). The molecule has 1 saturated heterocycles. The molecule has 1 N–H and O–H groups in total. The maximum atomic E-state index is 10.8. The van der Waals surface area contributed by atoms with Crippen molar-refractivity contribution in [1.29, 1.82) is 0 Å². The molecule has 1 aliphatic heterocycles. The van der Waals surface area contributed by atoms with Crippen molar-refractivity contribution in [1.82, 2.24) is 4.90 Å². The van der Waals surface area contributed by atoms with Crippen molar-refractivity contribution >= 4 is 5.97 Å². The van der Waals surface area contributed by atoms with E-state index in [9.17, 15) is 4.79 Å². The number of hydrogen-bond acceptors (Lipinski definition) is 2. The van der Waals surface area contributed by atoms with Gasteiger partial charge in [-0.15, -0.1) is 0 Å². The molecule has 68 valence electrons. The first-order valence-corrected chi connectivity index (χ1v) is 4.69. The van der Waals surface area contributed by atoms with Crippen LogP contribution in [0.15, 0.2) is 0 Å². The largest absolute Gasteiger partial charge is 0.481 e. The molecule has 0 bridgehead atoms. The molecule has 1 saturated carbocycles. The molecule has 0 atom stereocenters. The molecule has 3 heteroatoms. The normalized spacial score (nSPS) is 27.3. The number of hydrogen-bond donors (Lipinski definition) is 1. The van der Waals surface area contributed by atoms with Gasteiger partial charge in [-0.3, -0.25) is 4.79 Å². The summed E-state index contributed by atoms with van der Waals surface area (Å²) in [5.41, 5.74) is -0.343. The van der Waals surface area contributed by atoms with Crippen molar-refractivity contribution in [3.05, 3.63) is 0 Å². The van der Waals surface area contributed by atoms with Crippen LogP contribution in [0.25, 0.3) is 0 Å².